The van der Waals surface area contributed by atoms with Crippen LogP contribution in [0.4, 0.5) is 0 Å². The second kappa shape index (κ2) is 14.3. The van der Waals surface area contributed by atoms with Crippen molar-refractivity contribution in [2.45, 2.75) is 46.1 Å². The highest BCUT2D eigenvalue weighted by Gasteiger charge is 2.24. The van der Waals surface area contributed by atoms with E-state index in [9.17, 15) is 4.79 Å². The Morgan fingerprint density at radius 2 is 1.64 bits per heavy atom. The molecule has 0 aliphatic carbocycles. The number of phenolic OH excluding ortho intramolecular Hbond substituents is 1. The Balaban J connectivity index is 0.000000303. The third-order valence-electron chi connectivity index (χ3n) is 5.99. The van der Waals surface area contributed by atoms with Crippen LogP contribution in [-0.2, 0) is 28.8 Å². The molecule has 1 heterocycles. The van der Waals surface area contributed by atoms with Crippen molar-refractivity contribution >= 4 is 5.91 Å². The summed E-state index contributed by atoms with van der Waals surface area (Å²) in [5.41, 5.74) is 3.69. The number of hydrogen-bond donors (Lipinski definition) is 1. The summed E-state index contributed by atoms with van der Waals surface area (Å²) in [4.78, 5) is 14.7. The van der Waals surface area contributed by atoms with Gasteiger partial charge in [0, 0.05) is 19.5 Å². The molecule has 0 unspecified atom stereocenters. The minimum Gasteiger partial charge on any atom is -0.504 e. The lowest BCUT2D eigenvalue weighted by atomic mass is 10.0. The lowest BCUT2D eigenvalue weighted by molar-refractivity contribution is -0.138. The molecule has 192 valence electrons. The number of phenols is 1. The van der Waals surface area contributed by atoms with Gasteiger partial charge in [-0.2, -0.15) is 0 Å². The lowest BCUT2D eigenvalue weighted by Crippen LogP contribution is -2.46. The van der Waals surface area contributed by atoms with Gasteiger partial charge in [0.15, 0.2) is 11.5 Å². The van der Waals surface area contributed by atoms with E-state index >= 15 is 0 Å². The Kier molecular flexibility index (Phi) is 10.8. The monoisotopic (exact) mass is 489 g/mol. The van der Waals surface area contributed by atoms with Gasteiger partial charge in [-0.15, -0.1) is 0 Å². The summed E-state index contributed by atoms with van der Waals surface area (Å²) < 4.78 is 11.0. The minimum absolute atomic E-state index is 0.0866. The molecule has 1 atom stereocenters. The first kappa shape index (κ1) is 27.3. The number of rotatable bonds is 8. The molecule has 1 aliphatic rings. The number of para-hydroxylation sites is 2. The first-order valence-corrected chi connectivity index (χ1v) is 12.9. The molecule has 4 rings (SSSR count). The number of nitrogens with zero attached hydrogens (tertiary/aromatic N) is 1. The van der Waals surface area contributed by atoms with Crippen molar-refractivity contribution in [3.63, 3.8) is 0 Å². The van der Waals surface area contributed by atoms with E-state index in [2.05, 4.69) is 50.2 Å². The van der Waals surface area contributed by atoms with Crippen LogP contribution >= 0.6 is 0 Å². The fourth-order valence-corrected chi connectivity index (χ4v) is 4.23. The van der Waals surface area contributed by atoms with Gasteiger partial charge in [0.05, 0.1) is 25.7 Å². The van der Waals surface area contributed by atoms with Gasteiger partial charge in [0.25, 0.3) is 0 Å². The largest absolute Gasteiger partial charge is 0.504 e. The number of carbonyl (C=O) groups excluding carboxylic acids is 1. The molecule has 1 aliphatic heterocycles. The number of carbonyl (C=O) groups is 1. The fraction of sp³-hybridized carbons (Fsp3) is 0.387. The highest BCUT2D eigenvalue weighted by molar-refractivity contribution is 5.79. The molecule has 0 radical (unpaired) electrons. The number of hydrogen-bond acceptors (Lipinski definition) is 4. The molecule has 1 fully saturated rings. The third kappa shape index (κ3) is 9.04. The van der Waals surface area contributed by atoms with Crippen LogP contribution in [0, 0.1) is 5.92 Å². The maximum atomic E-state index is 12.7. The van der Waals surface area contributed by atoms with E-state index in [-0.39, 0.29) is 17.8 Å². The summed E-state index contributed by atoms with van der Waals surface area (Å²) in [5, 5.41) is 9.12. The quantitative estimate of drug-likeness (QED) is 0.442. The van der Waals surface area contributed by atoms with Crippen LogP contribution in [0.2, 0.25) is 0 Å². The number of morpholine rings is 1. The van der Waals surface area contributed by atoms with Gasteiger partial charge >= 0.3 is 0 Å². The van der Waals surface area contributed by atoms with Gasteiger partial charge < -0.3 is 19.5 Å². The molecular weight excluding hydrogens is 450 g/mol. The second-order valence-electron chi connectivity index (χ2n) is 9.51. The predicted octanol–water partition coefficient (Wildman–Crippen LogP) is 5.69. The van der Waals surface area contributed by atoms with Gasteiger partial charge in [0.1, 0.15) is 0 Å². The summed E-state index contributed by atoms with van der Waals surface area (Å²) >= 11 is 0. The van der Waals surface area contributed by atoms with E-state index in [1.807, 2.05) is 36.1 Å². The Bertz CT molecular complexity index is 1050. The Hall–Kier alpha value is -3.31. The topological polar surface area (TPSA) is 59.0 Å². The van der Waals surface area contributed by atoms with Crippen LogP contribution in [0.15, 0.2) is 78.9 Å². The van der Waals surface area contributed by atoms with Gasteiger partial charge in [-0.05, 0) is 48.1 Å². The predicted molar refractivity (Wildman–Crippen MR) is 144 cm³/mol. The normalized spacial score (nSPS) is 15.2. The average molecular weight is 490 g/mol. The standard InChI is InChI=1S/C23H29NO2.C8H10O2/c1-18(2)14-20-8-10-21(11-9-20)16-23(25)24-12-13-26-22(17-24)15-19-6-4-3-5-7-19;1-2-10-8-6-4-3-5-7(8)9/h3-11,18,22H,12-17H2,1-2H3;3-6,9H,2H2,1H3/t22-;/m1./s1. The summed E-state index contributed by atoms with van der Waals surface area (Å²) in [5.74, 6) is 1.59. The Morgan fingerprint density at radius 1 is 0.972 bits per heavy atom. The molecule has 0 bridgehead atoms. The zero-order valence-corrected chi connectivity index (χ0v) is 21.7. The van der Waals surface area contributed by atoms with Crippen LogP contribution < -0.4 is 4.74 Å². The zero-order valence-electron chi connectivity index (χ0n) is 21.7. The van der Waals surface area contributed by atoms with E-state index in [1.54, 1.807) is 18.2 Å². The summed E-state index contributed by atoms with van der Waals surface area (Å²) in [6, 6.07) is 25.8. The minimum atomic E-state index is 0.0866. The van der Waals surface area contributed by atoms with Crippen molar-refractivity contribution in [1.29, 1.82) is 0 Å². The van der Waals surface area contributed by atoms with E-state index in [1.165, 1.54) is 11.1 Å². The van der Waals surface area contributed by atoms with Crippen molar-refractivity contribution in [1.82, 2.24) is 4.90 Å². The van der Waals surface area contributed by atoms with Crippen LogP contribution in [-0.4, -0.2) is 48.3 Å². The van der Waals surface area contributed by atoms with Gasteiger partial charge in [-0.25, -0.2) is 0 Å². The molecule has 36 heavy (non-hydrogen) atoms. The molecule has 3 aromatic carbocycles. The SMILES string of the molecule is CC(C)Cc1ccc(CC(=O)N2CCO[C@H](Cc3ccccc3)C2)cc1.CCOc1ccccc1O. The van der Waals surface area contributed by atoms with Gasteiger partial charge in [-0.3, -0.25) is 4.79 Å². The molecule has 1 N–H and O–H groups in total. The van der Waals surface area contributed by atoms with Crippen molar-refractivity contribution in [3.05, 3.63) is 95.6 Å². The molecule has 0 saturated carbocycles. The maximum Gasteiger partial charge on any atom is 0.227 e. The van der Waals surface area contributed by atoms with E-state index in [0.29, 0.717) is 44.4 Å². The van der Waals surface area contributed by atoms with Crippen LogP contribution in [0.25, 0.3) is 0 Å². The molecule has 0 spiro atoms. The molecule has 3 aromatic rings. The number of benzene rings is 3. The highest BCUT2D eigenvalue weighted by atomic mass is 16.5. The van der Waals surface area contributed by atoms with Gasteiger partial charge in [0.2, 0.25) is 5.91 Å². The average Bonchev–Trinajstić information content (AvgIpc) is 2.88. The van der Waals surface area contributed by atoms with Crippen molar-refractivity contribution in [2.75, 3.05) is 26.3 Å². The molecule has 0 aromatic heterocycles. The van der Waals surface area contributed by atoms with Crippen LogP contribution in [0.1, 0.15) is 37.5 Å². The second-order valence-corrected chi connectivity index (χ2v) is 9.51. The summed E-state index contributed by atoms with van der Waals surface area (Å²) in [6.07, 6.45) is 2.50. The first-order chi connectivity index (χ1) is 17.4. The lowest BCUT2D eigenvalue weighted by Gasteiger charge is -2.33. The molecule has 1 saturated heterocycles. The number of ether oxygens (including phenoxy) is 2. The zero-order chi connectivity index (χ0) is 25.8. The van der Waals surface area contributed by atoms with Crippen LogP contribution in [0.3, 0.4) is 0 Å². The smallest absolute Gasteiger partial charge is 0.227 e. The summed E-state index contributed by atoms with van der Waals surface area (Å²) in [7, 11) is 0. The van der Waals surface area contributed by atoms with Gasteiger partial charge in [-0.1, -0.05) is 80.6 Å². The van der Waals surface area contributed by atoms with E-state index in [0.717, 1.165) is 18.4 Å². The molecule has 1 amide bonds. The Morgan fingerprint density at radius 3 is 2.31 bits per heavy atom. The van der Waals surface area contributed by atoms with Crippen molar-refractivity contribution in [2.24, 2.45) is 5.92 Å². The van der Waals surface area contributed by atoms with E-state index < -0.39 is 0 Å². The molecule has 5 nitrogen and oxygen atoms in total. The third-order valence-corrected chi connectivity index (χ3v) is 5.99. The molecule has 5 heteroatoms. The van der Waals surface area contributed by atoms with Crippen molar-refractivity contribution < 1.29 is 19.4 Å². The maximum absolute atomic E-state index is 12.7. The summed E-state index contributed by atoms with van der Waals surface area (Å²) in [6.45, 7) is 8.90. The van der Waals surface area contributed by atoms with Crippen molar-refractivity contribution in [3.8, 4) is 11.5 Å². The van der Waals surface area contributed by atoms with Crippen LogP contribution in [0.5, 0.6) is 11.5 Å². The Labute approximate surface area is 215 Å². The first-order valence-electron chi connectivity index (χ1n) is 12.9. The number of aromatic hydroxyl groups is 1. The van der Waals surface area contributed by atoms with E-state index in [4.69, 9.17) is 14.6 Å². The fourth-order valence-electron chi connectivity index (χ4n) is 4.23. The number of amides is 1. The highest BCUT2D eigenvalue weighted by Crippen LogP contribution is 2.23. The molecular formula is C31H39NO4.